The second-order valence-corrected chi connectivity index (χ2v) is 8.14. The zero-order chi connectivity index (χ0) is 23.3. The second kappa shape index (κ2) is 10.3. The molecule has 1 aliphatic rings. The Labute approximate surface area is 188 Å². The molecule has 0 atom stereocenters. The van der Waals surface area contributed by atoms with Crippen molar-refractivity contribution in [1.82, 2.24) is 4.90 Å². The molecule has 1 heterocycles. The van der Waals surface area contributed by atoms with Gasteiger partial charge < -0.3 is 15.1 Å². The van der Waals surface area contributed by atoms with Gasteiger partial charge in [0.1, 0.15) is 0 Å². The van der Waals surface area contributed by atoms with Gasteiger partial charge in [0.25, 0.3) is 17.5 Å². The molecule has 170 valence electrons. The van der Waals surface area contributed by atoms with Crippen molar-refractivity contribution < 1.29 is 14.5 Å². The minimum Gasteiger partial charge on any atom is -0.371 e. The van der Waals surface area contributed by atoms with Crippen molar-refractivity contribution in [1.29, 1.82) is 0 Å². The number of amides is 2. The van der Waals surface area contributed by atoms with Crippen molar-refractivity contribution in [2.75, 3.05) is 36.4 Å². The molecule has 1 N–H and O–H groups in total. The topological polar surface area (TPSA) is 95.8 Å². The molecule has 1 aliphatic heterocycles. The zero-order valence-electron chi connectivity index (χ0n) is 18.8. The summed E-state index contributed by atoms with van der Waals surface area (Å²) in [5.41, 5.74) is 1.77. The minimum atomic E-state index is -0.498. The van der Waals surface area contributed by atoms with Crippen molar-refractivity contribution in [3.05, 3.63) is 63.7 Å². The smallest absolute Gasteiger partial charge is 0.270 e. The summed E-state index contributed by atoms with van der Waals surface area (Å²) < 4.78 is 0. The lowest BCUT2D eigenvalue weighted by atomic mass is 9.97. The largest absolute Gasteiger partial charge is 0.371 e. The standard InChI is InChI=1S/C24H30N4O4/c1-4-26(5-2)24(30)18-7-6-8-19(15-18)25-23(29)21-16-20(28(31)32)9-10-22(21)27-13-11-17(3)12-14-27/h6-10,15-17H,4-5,11-14H2,1-3H3,(H,25,29). The van der Waals surface area contributed by atoms with Crippen LogP contribution in [0.3, 0.4) is 0 Å². The number of nitro groups is 1. The average Bonchev–Trinajstić information content (AvgIpc) is 2.80. The third kappa shape index (κ3) is 5.25. The van der Waals surface area contributed by atoms with E-state index in [4.69, 9.17) is 0 Å². The highest BCUT2D eigenvalue weighted by Gasteiger charge is 2.24. The van der Waals surface area contributed by atoms with Crippen LogP contribution in [0.4, 0.5) is 17.1 Å². The highest BCUT2D eigenvalue weighted by molar-refractivity contribution is 6.09. The number of nitrogens with one attached hydrogen (secondary N) is 1. The lowest BCUT2D eigenvalue weighted by Gasteiger charge is -2.33. The van der Waals surface area contributed by atoms with Crippen LogP contribution in [0.5, 0.6) is 0 Å². The molecule has 1 fully saturated rings. The number of carbonyl (C=O) groups excluding carboxylic acids is 2. The molecule has 0 saturated carbocycles. The zero-order valence-corrected chi connectivity index (χ0v) is 18.8. The van der Waals surface area contributed by atoms with Gasteiger partial charge >= 0.3 is 0 Å². The Morgan fingerprint density at radius 1 is 1.12 bits per heavy atom. The number of benzene rings is 2. The van der Waals surface area contributed by atoms with Crippen LogP contribution in [0, 0.1) is 16.0 Å². The lowest BCUT2D eigenvalue weighted by molar-refractivity contribution is -0.384. The maximum absolute atomic E-state index is 13.2. The average molecular weight is 439 g/mol. The maximum Gasteiger partial charge on any atom is 0.270 e. The first-order valence-electron chi connectivity index (χ1n) is 11.1. The van der Waals surface area contributed by atoms with E-state index in [0.29, 0.717) is 35.9 Å². The number of nitro benzene ring substituents is 1. The van der Waals surface area contributed by atoms with Gasteiger partial charge in [0.05, 0.1) is 16.2 Å². The summed E-state index contributed by atoms with van der Waals surface area (Å²) in [6.07, 6.45) is 2.02. The SMILES string of the molecule is CCN(CC)C(=O)c1cccc(NC(=O)c2cc([N+](=O)[O-])ccc2N2CCC(C)CC2)c1. The fourth-order valence-corrected chi connectivity index (χ4v) is 3.97. The monoisotopic (exact) mass is 438 g/mol. The van der Waals surface area contributed by atoms with Gasteiger partial charge in [0, 0.05) is 49.6 Å². The van der Waals surface area contributed by atoms with Crippen LogP contribution in [0.15, 0.2) is 42.5 Å². The molecule has 0 radical (unpaired) electrons. The van der Waals surface area contributed by atoms with Crippen molar-refractivity contribution in [2.24, 2.45) is 5.92 Å². The molecule has 2 amide bonds. The first-order valence-corrected chi connectivity index (χ1v) is 11.1. The van der Waals surface area contributed by atoms with E-state index >= 15 is 0 Å². The van der Waals surface area contributed by atoms with Crippen LogP contribution in [0.25, 0.3) is 0 Å². The maximum atomic E-state index is 13.2. The summed E-state index contributed by atoms with van der Waals surface area (Å²) in [5, 5.41) is 14.1. The second-order valence-electron chi connectivity index (χ2n) is 8.14. The first-order chi connectivity index (χ1) is 15.3. The van der Waals surface area contributed by atoms with Crippen LogP contribution in [-0.4, -0.2) is 47.8 Å². The van der Waals surface area contributed by atoms with Crippen LogP contribution in [0.2, 0.25) is 0 Å². The number of piperidine rings is 1. The van der Waals surface area contributed by atoms with Gasteiger partial charge in [0.15, 0.2) is 0 Å². The van der Waals surface area contributed by atoms with Crippen molar-refractivity contribution in [3.63, 3.8) is 0 Å². The molecule has 32 heavy (non-hydrogen) atoms. The molecular formula is C24H30N4O4. The van der Waals surface area contributed by atoms with E-state index in [1.807, 2.05) is 13.8 Å². The molecule has 2 aromatic rings. The summed E-state index contributed by atoms with van der Waals surface area (Å²) in [6, 6.07) is 11.2. The molecule has 8 nitrogen and oxygen atoms in total. The number of carbonyl (C=O) groups is 2. The van der Waals surface area contributed by atoms with Crippen molar-refractivity contribution in [2.45, 2.75) is 33.6 Å². The van der Waals surface area contributed by atoms with Gasteiger partial charge in [-0.15, -0.1) is 0 Å². The van der Waals surface area contributed by atoms with Gasteiger partial charge in [-0.05, 0) is 56.9 Å². The molecule has 0 aliphatic carbocycles. The first kappa shape index (κ1) is 23.2. The summed E-state index contributed by atoms with van der Waals surface area (Å²) >= 11 is 0. The van der Waals surface area contributed by atoms with Gasteiger partial charge in [-0.1, -0.05) is 13.0 Å². The predicted octanol–water partition coefficient (Wildman–Crippen LogP) is 4.57. The Hall–Kier alpha value is -3.42. The predicted molar refractivity (Wildman–Crippen MR) is 125 cm³/mol. The molecule has 3 rings (SSSR count). The van der Waals surface area contributed by atoms with E-state index in [2.05, 4.69) is 17.1 Å². The number of anilines is 2. The van der Waals surface area contributed by atoms with Gasteiger partial charge in [-0.25, -0.2) is 0 Å². The summed E-state index contributed by atoms with van der Waals surface area (Å²) in [7, 11) is 0. The Balaban J connectivity index is 1.88. The summed E-state index contributed by atoms with van der Waals surface area (Å²) in [5.74, 6) is 0.0759. The molecule has 0 unspecified atom stereocenters. The van der Waals surface area contributed by atoms with Gasteiger partial charge in [-0.2, -0.15) is 0 Å². The highest BCUT2D eigenvalue weighted by atomic mass is 16.6. The van der Waals surface area contributed by atoms with Crippen molar-refractivity contribution in [3.8, 4) is 0 Å². The van der Waals surface area contributed by atoms with Crippen LogP contribution >= 0.6 is 0 Å². The Kier molecular flexibility index (Phi) is 7.45. The normalized spacial score (nSPS) is 14.2. The molecule has 1 saturated heterocycles. The fourth-order valence-electron chi connectivity index (χ4n) is 3.97. The Morgan fingerprint density at radius 3 is 2.44 bits per heavy atom. The summed E-state index contributed by atoms with van der Waals surface area (Å²) in [4.78, 5) is 40.5. The minimum absolute atomic E-state index is 0.107. The van der Waals surface area contributed by atoms with Crippen LogP contribution in [0.1, 0.15) is 54.3 Å². The molecular weight excluding hydrogens is 408 g/mol. The number of nitrogens with zero attached hydrogens (tertiary/aromatic N) is 3. The third-order valence-corrected chi connectivity index (χ3v) is 5.98. The van der Waals surface area contributed by atoms with Gasteiger partial charge in [0.2, 0.25) is 0 Å². The van der Waals surface area contributed by atoms with Gasteiger partial charge in [-0.3, -0.25) is 19.7 Å². The number of hydrogen-bond acceptors (Lipinski definition) is 5. The molecule has 0 bridgehead atoms. The molecule has 0 aromatic heterocycles. The van der Waals surface area contributed by atoms with Crippen LogP contribution < -0.4 is 10.2 Å². The fraction of sp³-hybridized carbons (Fsp3) is 0.417. The third-order valence-electron chi connectivity index (χ3n) is 5.98. The van der Waals surface area contributed by atoms with E-state index in [9.17, 15) is 19.7 Å². The van der Waals surface area contributed by atoms with E-state index in [-0.39, 0.29) is 17.2 Å². The molecule has 2 aromatic carbocycles. The lowest BCUT2D eigenvalue weighted by Crippen LogP contribution is -2.34. The number of non-ortho nitro benzene ring substituents is 1. The molecule has 0 spiro atoms. The highest BCUT2D eigenvalue weighted by Crippen LogP contribution is 2.30. The van der Waals surface area contributed by atoms with Crippen molar-refractivity contribution >= 4 is 28.9 Å². The molecule has 8 heteroatoms. The van der Waals surface area contributed by atoms with E-state index in [1.165, 1.54) is 12.1 Å². The van der Waals surface area contributed by atoms with E-state index in [1.54, 1.807) is 35.2 Å². The van der Waals surface area contributed by atoms with E-state index < -0.39 is 10.8 Å². The summed E-state index contributed by atoms with van der Waals surface area (Å²) in [6.45, 7) is 8.82. The number of rotatable bonds is 7. The quantitative estimate of drug-likeness (QED) is 0.505. The van der Waals surface area contributed by atoms with E-state index in [0.717, 1.165) is 25.9 Å². The Bertz CT molecular complexity index is 995. The Morgan fingerprint density at radius 2 is 1.81 bits per heavy atom. The van der Waals surface area contributed by atoms with Crippen LogP contribution in [-0.2, 0) is 0 Å². The number of hydrogen-bond donors (Lipinski definition) is 1.